The van der Waals surface area contributed by atoms with E-state index in [4.69, 9.17) is 5.41 Å². The van der Waals surface area contributed by atoms with Crippen LogP contribution in [0.4, 0.5) is 0 Å². The maximum atomic E-state index is 10.2. The van der Waals surface area contributed by atoms with Crippen molar-refractivity contribution < 1.29 is 9.53 Å². The largest absolute Gasteiger partial charge is 0.378 e. The predicted octanol–water partition coefficient (Wildman–Crippen LogP) is 0.242. The Bertz CT molecular complexity index is 109. The van der Waals surface area contributed by atoms with Crippen molar-refractivity contribution in [1.82, 2.24) is 0 Å². The fourth-order valence-corrected chi connectivity index (χ4v) is 0.246. The molecular weight excluding hydrogens is 106 g/mol. The third-order valence-electron chi connectivity index (χ3n) is 0.714. The monoisotopic (exact) mass is 115 g/mol. The summed E-state index contributed by atoms with van der Waals surface area (Å²) in [5, 5.41) is 6.87. The molecule has 0 unspecified atom stereocenters. The summed E-state index contributed by atoms with van der Waals surface area (Å²) < 4.78 is 4.52. The highest BCUT2D eigenvalue weighted by Gasteiger charge is 1.99. The Labute approximate surface area is 48.2 Å². The number of hydrogen-bond donors (Lipinski definition) is 1. The lowest BCUT2D eigenvalue weighted by molar-refractivity contribution is -0.111. The molecule has 0 rings (SSSR count). The minimum Gasteiger partial charge on any atom is -0.378 e. The Morgan fingerprint density at radius 2 is 2.25 bits per heavy atom. The van der Waals surface area contributed by atoms with Crippen LogP contribution in [0.25, 0.3) is 0 Å². The van der Waals surface area contributed by atoms with Crippen LogP contribution in [0.5, 0.6) is 0 Å². The second-order valence-electron chi connectivity index (χ2n) is 1.47. The van der Waals surface area contributed by atoms with Crippen LogP contribution < -0.4 is 0 Å². The molecule has 0 spiro atoms. The number of rotatable bonds is 3. The lowest BCUT2D eigenvalue weighted by Gasteiger charge is -1.93. The summed E-state index contributed by atoms with van der Waals surface area (Å²) in [5.41, 5.74) is 0.0208. The van der Waals surface area contributed by atoms with Crippen molar-refractivity contribution in [2.45, 2.75) is 6.92 Å². The van der Waals surface area contributed by atoms with E-state index in [2.05, 4.69) is 4.74 Å². The van der Waals surface area contributed by atoms with Crippen LogP contribution in [0.1, 0.15) is 6.92 Å². The second-order valence-corrected chi connectivity index (χ2v) is 1.47. The van der Waals surface area contributed by atoms with E-state index in [1.165, 1.54) is 14.0 Å². The number of Topliss-reactive ketones (excluding diaryl/α,β-unsaturated/α-hetero) is 1. The van der Waals surface area contributed by atoms with Crippen LogP contribution in [-0.4, -0.2) is 25.2 Å². The van der Waals surface area contributed by atoms with Crippen LogP contribution in [0.15, 0.2) is 0 Å². The van der Waals surface area contributed by atoms with Gasteiger partial charge in [-0.2, -0.15) is 0 Å². The Hall–Kier alpha value is -0.700. The molecule has 0 heterocycles. The van der Waals surface area contributed by atoms with Crippen LogP contribution in [-0.2, 0) is 9.53 Å². The van der Waals surface area contributed by atoms with Crippen LogP contribution in [0, 0.1) is 5.41 Å². The van der Waals surface area contributed by atoms with E-state index < -0.39 is 0 Å². The molecule has 0 saturated carbocycles. The van der Waals surface area contributed by atoms with Crippen LogP contribution in [0.3, 0.4) is 0 Å². The summed E-state index contributed by atoms with van der Waals surface area (Å²) in [5.74, 6) is -0.230. The Kier molecular flexibility index (Phi) is 3.03. The first kappa shape index (κ1) is 7.30. The maximum Gasteiger partial charge on any atom is 0.175 e. The number of ether oxygens (including phenoxy) is 1. The molecule has 0 bridgehead atoms. The molecule has 3 heteroatoms. The summed E-state index contributed by atoms with van der Waals surface area (Å²) in [6.45, 7) is 1.47. The zero-order valence-electron chi connectivity index (χ0n) is 5.02. The van der Waals surface area contributed by atoms with Gasteiger partial charge in [0.15, 0.2) is 5.78 Å². The zero-order valence-corrected chi connectivity index (χ0v) is 5.02. The highest BCUT2D eigenvalue weighted by molar-refractivity contribution is 6.38. The van der Waals surface area contributed by atoms with Gasteiger partial charge in [-0.15, -0.1) is 0 Å². The molecule has 0 aliphatic heterocycles. The number of hydrogen-bond acceptors (Lipinski definition) is 3. The molecule has 0 aliphatic carbocycles. The van der Waals surface area contributed by atoms with Crippen LogP contribution >= 0.6 is 0 Å². The van der Waals surface area contributed by atoms with E-state index in [0.717, 1.165) is 0 Å². The van der Waals surface area contributed by atoms with Gasteiger partial charge in [0.25, 0.3) is 0 Å². The first-order valence-corrected chi connectivity index (χ1v) is 2.25. The average molecular weight is 115 g/mol. The molecule has 0 amide bonds. The minimum atomic E-state index is -0.230. The average Bonchev–Trinajstić information content (AvgIpc) is 1.67. The van der Waals surface area contributed by atoms with Crippen molar-refractivity contribution in [1.29, 1.82) is 5.41 Å². The highest BCUT2D eigenvalue weighted by atomic mass is 16.5. The van der Waals surface area contributed by atoms with Gasteiger partial charge in [-0.05, 0) is 0 Å². The lowest BCUT2D eigenvalue weighted by atomic mass is 10.3. The highest BCUT2D eigenvalue weighted by Crippen LogP contribution is 1.75. The quantitative estimate of drug-likeness (QED) is 0.536. The van der Waals surface area contributed by atoms with Crippen molar-refractivity contribution in [3.8, 4) is 0 Å². The van der Waals surface area contributed by atoms with E-state index in [1.807, 2.05) is 0 Å². The lowest BCUT2D eigenvalue weighted by Crippen LogP contribution is -2.14. The topological polar surface area (TPSA) is 50.1 Å². The molecular formula is C5H9NO2. The summed E-state index contributed by atoms with van der Waals surface area (Å²) in [6, 6.07) is 0. The summed E-state index contributed by atoms with van der Waals surface area (Å²) >= 11 is 0. The van der Waals surface area contributed by atoms with Crippen LogP contribution in [0.2, 0.25) is 0 Å². The van der Waals surface area contributed by atoms with Gasteiger partial charge in [0.1, 0.15) is 0 Å². The van der Waals surface area contributed by atoms with Gasteiger partial charge in [0.2, 0.25) is 0 Å². The fraction of sp³-hybridized carbons (Fsp3) is 0.600. The molecule has 1 N–H and O–H groups in total. The molecule has 0 aromatic heterocycles. The van der Waals surface area contributed by atoms with E-state index in [1.54, 1.807) is 0 Å². The molecule has 8 heavy (non-hydrogen) atoms. The third-order valence-corrected chi connectivity index (χ3v) is 0.714. The van der Waals surface area contributed by atoms with Crippen molar-refractivity contribution in [2.75, 3.05) is 13.7 Å². The normalized spacial score (nSPS) is 8.75. The number of carbonyl (C=O) groups is 1. The second kappa shape index (κ2) is 3.32. The smallest absolute Gasteiger partial charge is 0.175 e. The summed E-state index contributed by atoms with van der Waals surface area (Å²) in [6.07, 6.45) is 0. The van der Waals surface area contributed by atoms with Gasteiger partial charge in [-0.25, -0.2) is 0 Å². The Morgan fingerprint density at radius 1 is 1.75 bits per heavy atom. The van der Waals surface area contributed by atoms with Crippen molar-refractivity contribution in [3.05, 3.63) is 0 Å². The molecule has 3 nitrogen and oxygen atoms in total. The van der Waals surface area contributed by atoms with Crippen molar-refractivity contribution in [3.63, 3.8) is 0 Å². The van der Waals surface area contributed by atoms with Crippen molar-refractivity contribution in [2.24, 2.45) is 0 Å². The first-order chi connectivity index (χ1) is 3.68. The molecule has 0 aromatic rings. The molecule has 0 saturated heterocycles. The van der Waals surface area contributed by atoms with Crippen molar-refractivity contribution >= 4 is 11.5 Å². The third kappa shape index (κ3) is 2.47. The standard InChI is InChI=1S/C5H9NO2/c1-4(7)5(6)3-8-2/h6H,3H2,1-2H3. The maximum absolute atomic E-state index is 10.2. The summed E-state index contributed by atoms with van der Waals surface area (Å²) in [4.78, 5) is 10.2. The zero-order chi connectivity index (χ0) is 6.57. The molecule has 0 atom stereocenters. The van der Waals surface area contributed by atoms with Gasteiger partial charge in [0.05, 0.1) is 12.3 Å². The van der Waals surface area contributed by atoms with Gasteiger partial charge >= 0.3 is 0 Å². The molecule has 0 aliphatic rings. The fourth-order valence-electron chi connectivity index (χ4n) is 0.246. The van der Waals surface area contributed by atoms with Gasteiger partial charge in [-0.3, -0.25) is 10.2 Å². The SMILES string of the molecule is COCC(=N)C(C)=O. The Morgan fingerprint density at radius 3 is 2.38 bits per heavy atom. The molecule has 46 valence electrons. The first-order valence-electron chi connectivity index (χ1n) is 2.25. The van der Waals surface area contributed by atoms with E-state index >= 15 is 0 Å². The summed E-state index contributed by atoms with van der Waals surface area (Å²) in [7, 11) is 1.46. The van der Waals surface area contributed by atoms with E-state index in [9.17, 15) is 4.79 Å². The molecule has 0 fully saturated rings. The van der Waals surface area contributed by atoms with E-state index in [0.29, 0.717) is 0 Å². The minimum absolute atomic E-state index is 0.0208. The number of nitrogens with one attached hydrogen (secondary N) is 1. The Balaban J connectivity index is 3.49. The number of carbonyl (C=O) groups excluding carboxylic acids is 1. The van der Waals surface area contributed by atoms with E-state index in [-0.39, 0.29) is 18.1 Å². The van der Waals surface area contributed by atoms with Gasteiger partial charge in [0, 0.05) is 14.0 Å². The number of methoxy groups -OCH3 is 1. The predicted molar refractivity (Wildman–Crippen MR) is 30.3 cm³/mol. The number of ketones is 1. The van der Waals surface area contributed by atoms with Gasteiger partial charge in [-0.1, -0.05) is 0 Å². The molecule has 0 aromatic carbocycles. The van der Waals surface area contributed by atoms with Gasteiger partial charge < -0.3 is 4.74 Å². The molecule has 0 radical (unpaired) electrons.